The minimum Gasteiger partial charge on any atom is -0.359 e. The molecule has 0 bridgehead atoms. The fraction of sp³-hybridized carbons (Fsp3) is 0.909. The zero-order valence-electron chi connectivity index (χ0n) is 10.0. The Hall–Kier alpha value is -0.610. The fourth-order valence-electron chi connectivity index (χ4n) is 1.84. The highest BCUT2D eigenvalue weighted by molar-refractivity contribution is 5.78. The monoisotopic (exact) mass is 213 g/mol. The molecule has 0 radical (unpaired) electrons. The van der Waals surface area contributed by atoms with Gasteiger partial charge in [-0.15, -0.1) is 0 Å². The van der Waals surface area contributed by atoms with E-state index in [0.29, 0.717) is 0 Å². The van der Waals surface area contributed by atoms with Gasteiger partial charge in [0.25, 0.3) is 0 Å². The molecule has 0 aromatic rings. The van der Waals surface area contributed by atoms with Crippen molar-refractivity contribution in [2.75, 3.05) is 40.3 Å². The number of nitrogens with zero attached hydrogens (tertiary/aromatic N) is 1. The van der Waals surface area contributed by atoms with Gasteiger partial charge in [0.2, 0.25) is 5.91 Å². The van der Waals surface area contributed by atoms with Crippen LogP contribution in [-0.4, -0.2) is 51.1 Å². The van der Waals surface area contributed by atoms with E-state index in [-0.39, 0.29) is 11.8 Å². The maximum Gasteiger partial charge on any atom is 0.223 e. The molecule has 0 aromatic heterocycles. The van der Waals surface area contributed by atoms with Crippen LogP contribution < -0.4 is 10.6 Å². The Labute approximate surface area is 92.4 Å². The first kappa shape index (κ1) is 12.5. The predicted octanol–water partition coefficient (Wildman–Crippen LogP) is -0.0902. The van der Waals surface area contributed by atoms with Gasteiger partial charge in [-0.05, 0) is 39.0 Å². The Morgan fingerprint density at radius 2 is 2.27 bits per heavy atom. The number of carbonyl (C=O) groups is 1. The van der Waals surface area contributed by atoms with Gasteiger partial charge in [0.15, 0.2) is 0 Å². The van der Waals surface area contributed by atoms with Crippen molar-refractivity contribution in [2.24, 2.45) is 11.8 Å². The lowest BCUT2D eigenvalue weighted by Gasteiger charge is -2.29. The van der Waals surface area contributed by atoms with E-state index in [2.05, 4.69) is 22.6 Å². The molecule has 1 fully saturated rings. The van der Waals surface area contributed by atoms with Crippen LogP contribution in [0.2, 0.25) is 0 Å². The molecule has 1 amide bonds. The van der Waals surface area contributed by atoms with Crippen molar-refractivity contribution >= 4 is 5.91 Å². The van der Waals surface area contributed by atoms with Crippen LogP contribution in [-0.2, 0) is 4.79 Å². The topological polar surface area (TPSA) is 44.4 Å². The largest absolute Gasteiger partial charge is 0.359 e. The number of rotatable bonds is 6. The number of carbonyl (C=O) groups excluding carboxylic acids is 1. The van der Waals surface area contributed by atoms with Gasteiger partial charge in [-0.25, -0.2) is 0 Å². The van der Waals surface area contributed by atoms with E-state index in [1.54, 1.807) is 7.05 Å². The highest BCUT2D eigenvalue weighted by atomic mass is 16.1. The molecule has 1 aliphatic rings. The normalized spacial score (nSPS) is 18.7. The zero-order chi connectivity index (χ0) is 11.3. The predicted molar refractivity (Wildman–Crippen MR) is 61.7 cm³/mol. The summed E-state index contributed by atoms with van der Waals surface area (Å²) in [6.45, 7) is 6.24. The van der Waals surface area contributed by atoms with Gasteiger partial charge in [-0.3, -0.25) is 4.79 Å². The lowest BCUT2D eigenvalue weighted by atomic mass is 9.99. The molecule has 1 saturated heterocycles. The molecule has 1 atom stereocenters. The van der Waals surface area contributed by atoms with Gasteiger partial charge in [-0.1, -0.05) is 6.92 Å². The van der Waals surface area contributed by atoms with Gasteiger partial charge in [0, 0.05) is 19.5 Å². The van der Waals surface area contributed by atoms with Gasteiger partial charge in [0.1, 0.15) is 0 Å². The summed E-state index contributed by atoms with van der Waals surface area (Å²) in [4.78, 5) is 13.6. The van der Waals surface area contributed by atoms with Gasteiger partial charge < -0.3 is 15.5 Å². The number of hydrogen-bond donors (Lipinski definition) is 2. The second-order valence-electron chi connectivity index (χ2n) is 4.59. The second kappa shape index (κ2) is 6.08. The quantitative estimate of drug-likeness (QED) is 0.648. The summed E-state index contributed by atoms with van der Waals surface area (Å²) >= 11 is 0. The van der Waals surface area contributed by atoms with Crippen LogP contribution in [0.1, 0.15) is 13.3 Å². The first-order valence-corrected chi connectivity index (χ1v) is 5.74. The van der Waals surface area contributed by atoms with Crippen molar-refractivity contribution < 1.29 is 4.79 Å². The summed E-state index contributed by atoms with van der Waals surface area (Å²) in [6, 6.07) is 0. The van der Waals surface area contributed by atoms with Gasteiger partial charge >= 0.3 is 0 Å². The van der Waals surface area contributed by atoms with Crippen LogP contribution in [0.15, 0.2) is 0 Å². The molecule has 4 nitrogen and oxygen atoms in total. The summed E-state index contributed by atoms with van der Waals surface area (Å²) in [5.74, 6) is 1.06. The summed E-state index contributed by atoms with van der Waals surface area (Å²) in [7, 11) is 3.78. The van der Waals surface area contributed by atoms with Crippen LogP contribution in [0.25, 0.3) is 0 Å². The van der Waals surface area contributed by atoms with Crippen molar-refractivity contribution in [3.05, 3.63) is 0 Å². The molecule has 1 aliphatic heterocycles. The van der Waals surface area contributed by atoms with Crippen molar-refractivity contribution in [1.29, 1.82) is 0 Å². The zero-order valence-corrected chi connectivity index (χ0v) is 10.0. The van der Waals surface area contributed by atoms with Crippen LogP contribution in [0.3, 0.4) is 0 Å². The Morgan fingerprint density at radius 3 is 2.73 bits per heavy atom. The molecule has 0 spiro atoms. The molecule has 0 saturated carbocycles. The fourth-order valence-corrected chi connectivity index (χ4v) is 1.84. The van der Waals surface area contributed by atoms with E-state index in [9.17, 15) is 4.79 Å². The highest BCUT2D eigenvalue weighted by Crippen LogP contribution is 2.09. The molecular weight excluding hydrogens is 190 g/mol. The smallest absolute Gasteiger partial charge is 0.223 e. The Balaban J connectivity index is 2.10. The third-order valence-corrected chi connectivity index (χ3v) is 3.06. The lowest BCUT2D eigenvalue weighted by molar-refractivity contribution is -0.124. The van der Waals surface area contributed by atoms with Crippen molar-refractivity contribution in [2.45, 2.75) is 13.3 Å². The summed E-state index contributed by atoms with van der Waals surface area (Å²) < 4.78 is 0. The van der Waals surface area contributed by atoms with E-state index in [4.69, 9.17) is 0 Å². The lowest BCUT2D eigenvalue weighted by Crippen LogP contribution is -2.44. The van der Waals surface area contributed by atoms with Crippen LogP contribution in [0, 0.1) is 11.8 Å². The molecule has 15 heavy (non-hydrogen) atoms. The third kappa shape index (κ3) is 4.18. The van der Waals surface area contributed by atoms with Gasteiger partial charge in [-0.2, -0.15) is 0 Å². The first-order chi connectivity index (χ1) is 7.13. The van der Waals surface area contributed by atoms with E-state index in [1.807, 2.05) is 6.92 Å². The van der Waals surface area contributed by atoms with Crippen molar-refractivity contribution in [3.63, 3.8) is 0 Å². The molecule has 1 rings (SSSR count). The molecule has 4 heteroatoms. The third-order valence-electron chi connectivity index (χ3n) is 3.06. The second-order valence-corrected chi connectivity index (χ2v) is 4.59. The van der Waals surface area contributed by atoms with E-state index < -0.39 is 0 Å². The summed E-state index contributed by atoms with van der Waals surface area (Å²) in [5, 5.41) is 5.95. The summed E-state index contributed by atoms with van der Waals surface area (Å²) in [6.07, 6.45) is 1.24. The Morgan fingerprint density at radius 1 is 1.60 bits per heavy atom. The average molecular weight is 213 g/mol. The van der Waals surface area contributed by atoms with Crippen LogP contribution >= 0.6 is 0 Å². The number of hydrogen-bond acceptors (Lipinski definition) is 3. The molecule has 2 N–H and O–H groups in total. The Bertz CT molecular complexity index is 204. The maximum absolute atomic E-state index is 11.3. The molecule has 88 valence electrons. The average Bonchev–Trinajstić information content (AvgIpc) is 2.14. The highest BCUT2D eigenvalue weighted by Gasteiger charge is 2.18. The van der Waals surface area contributed by atoms with Crippen molar-refractivity contribution in [1.82, 2.24) is 15.5 Å². The van der Waals surface area contributed by atoms with E-state index >= 15 is 0 Å². The number of nitrogens with one attached hydrogen (secondary N) is 2. The molecule has 0 aliphatic carbocycles. The Kier molecular flexibility index (Phi) is 5.05. The molecular formula is C11H23N3O. The molecule has 1 unspecified atom stereocenters. The summed E-state index contributed by atoms with van der Waals surface area (Å²) in [5.41, 5.74) is 0. The molecule has 0 aromatic carbocycles. The van der Waals surface area contributed by atoms with Crippen molar-refractivity contribution in [3.8, 4) is 0 Å². The van der Waals surface area contributed by atoms with Crippen LogP contribution in [0.4, 0.5) is 0 Å². The van der Waals surface area contributed by atoms with Crippen LogP contribution in [0.5, 0.6) is 0 Å². The SMILES string of the molecule is CNC(=O)C(C)CN(C)CCC1CNC1. The maximum atomic E-state index is 11.3. The minimum atomic E-state index is 0.0829. The standard InChI is InChI=1S/C11H23N3O/c1-9(11(15)12-2)8-14(3)5-4-10-6-13-7-10/h9-10,13H,4-8H2,1-3H3,(H,12,15). The minimum absolute atomic E-state index is 0.0829. The molecule has 1 heterocycles. The van der Waals surface area contributed by atoms with E-state index in [0.717, 1.165) is 19.0 Å². The van der Waals surface area contributed by atoms with E-state index in [1.165, 1.54) is 19.5 Å². The van der Waals surface area contributed by atoms with Gasteiger partial charge in [0.05, 0.1) is 0 Å². The first-order valence-electron chi connectivity index (χ1n) is 5.74. The number of amides is 1.